The van der Waals surface area contributed by atoms with Crippen molar-refractivity contribution in [2.45, 2.75) is 56.3 Å². The lowest BCUT2D eigenvalue weighted by molar-refractivity contribution is -0.173. The van der Waals surface area contributed by atoms with Gasteiger partial charge < -0.3 is 40.7 Å². The third-order valence-electron chi connectivity index (χ3n) is 4.91. The third-order valence-corrected chi connectivity index (χ3v) is 4.91. The van der Waals surface area contributed by atoms with Crippen LogP contribution in [0.5, 0.6) is 0 Å². The number of aliphatic hydroxyl groups is 2. The monoisotopic (exact) mass is 418 g/mol. The van der Waals surface area contributed by atoms with E-state index in [0.717, 1.165) is 12.8 Å². The van der Waals surface area contributed by atoms with Crippen LogP contribution in [0.4, 0.5) is 4.79 Å². The lowest BCUT2D eigenvalue weighted by Crippen LogP contribution is -2.49. The van der Waals surface area contributed by atoms with E-state index in [-0.39, 0.29) is 25.1 Å². The first-order valence-electron chi connectivity index (χ1n) is 9.71. The smallest absolute Gasteiger partial charge is 0.324 e. The van der Waals surface area contributed by atoms with Gasteiger partial charge in [0.05, 0.1) is 6.61 Å². The van der Waals surface area contributed by atoms with Gasteiger partial charge in [-0.05, 0) is 19.4 Å². The van der Waals surface area contributed by atoms with Gasteiger partial charge >= 0.3 is 12.0 Å². The highest BCUT2D eigenvalue weighted by molar-refractivity contribution is 5.96. The van der Waals surface area contributed by atoms with E-state index in [1.807, 2.05) is 0 Å². The van der Waals surface area contributed by atoms with E-state index in [1.165, 1.54) is 0 Å². The fourth-order valence-electron chi connectivity index (χ4n) is 3.15. The van der Waals surface area contributed by atoms with Crippen molar-refractivity contribution in [1.82, 2.24) is 15.5 Å². The van der Waals surface area contributed by atoms with Crippen molar-refractivity contribution in [3.8, 4) is 0 Å². The summed E-state index contributed by atoms with van der Waals surface area (Å²) in [6, 6.07) is -1.38. The Balaban J connectivity index is 1.61. The topological polar surface area (TPSA) is 184 Å². The van der Waals surface area contributed by atoms with E-state index in [1.54, 1.807) is 4.90 Å². The van der Waals surface area contributed by atoms with Crippen molar-refractivity contribution in [3.05, 3.63) is 0 Å². The number of carbonyl (C=O) groups is 3. The van der Waals surface area contributed by atoms with Gasteiger partial charge in [0.1, 0.15) is 24.4 Å². The molecule has 12 nitrogen and oxygen atoms in total. The molecule has 2 saturated heterocycles. The van der Waals surface area contributed by atoms with Gasteiger partial charge in [0.2, 0.25) is 5.91 Å². The largest absolute Gasteiger partial charge is 0.480 e. The van der Waals surface area contributed by atoms with Crippen molar-refractivity contribution < 1.29 is 39.2 Å². The molecule has 0 aromatic carbocycles. The molecule has 2 heterocycles. The standard InChI is InChI=1S/C17H30N4O8/c18-8-11-13(23)14(24)16(29-11)28-9-10(15(25)26)19-5-2-1-3-6-21-7-4-12(22)20-17(21)27/h10-11,13-14,16,19,23-24H,1-9,18H2,(H,25,26)(H,20,22,27)/t10?,11-,13-,14-,16-/m1/s1. The van der Waals surface area contributed by atoms with Gasteiger partial charge in [0.25, 0.3) is 0 Å². The number of carboxylic acid groups (broad SMARTS) is 1. The van der Waals surface area contributed by atoms with Gasteiger partial charge in [-0.2, -0.15) is 0 Å². The maximum atomic E-state index is 11.6. The summed E-state index contributed by atoms with van der Waals surface area (Å²) in [5.41, 5.74) is 5.42. The third kappa shape index (κ3) is 6.87. The normalized spacial score (nSPS) is 28.4. The fourth-order valence-corrected chi connectivity index (χ4v) is 3.15. The molecule has 0 aromatic heterocycles. The Bertz CT molecular complexity index is 578. The molecule has 2 rings (SSSR count). The first-order valence-corrected chi connectivity index (χ1v) is 9.71. The second-order valence-corrected chi connectivity index (χ2v) is 7.09. The minimum atomic E-state index is -1.29. The van der Waals surface area contributed by atoms with Gasteiger partial charge in [-0.15, -0.1) is 0 Å². The molecule has 12 heteroatoms. The highest BCUT2D eigenvalue weighted by Crippen LogP contribution is 2.21. The molecule has 29 heavy (non-hydrogen) atoms. The summed E-state index contributed by atoms with van der Waals surface area (Å²) in [4.78, 5) is 35.6. The molecule has 3 amide bonds. The first kappa shape index (κ1) is 23.4. The number of unbranched alkanes of at least 4 members (excludes halogenated alkanes) is 2. The Morgan fingerprint density at radius 2 is 2.07 bits per heavy atom. The molecule has 0 spiro atoms. The van der Waals surface area contributed by atoms with Gasteiger partial charge in [-0.25, -0.2) is 4.79 Å². The van der Waals surface area contributed by atoms with Crippen LogP contribution in [0.3, 0.4) is 0 Å². The summed E-state index contributed by atoms with van der Waals surface area (Å²) >= 11 is 0. The lowest BCUT2D eigenvalue weighted by Gasteiger charge is -2.26. The van der Waals surface area contributed by atoms with Gasteiger partial charge in [-0.1, -0.05) is 6.42 Å². The van der Waals surface area contributed by atoms with Crippen LogP contribution in [0, 0.1) is 0 Å². The second kappa shape index (κ2) is 11.4. The summed E-state index contributed by atoms with van der Waals surface area (Å²) in [6.45, 7) is 1.13. The Labute approximate surface area is 168 Å². The second-order valence-electron chi connectivity index (χ2n) is 7.09. The Morgan fingerprint density at radius 1 is 1.31 bits per heavy atom. The summed E-state index contributed by atoms with van der Waals surface area (Å²) in [7, 11) is 0. The molecule has 5 atom stereocenters. The van der Waals surface area contributed by atoms with Crippen molar-refractivity contribution >= 4 is 17.9 Å². The number of imide groups is 1. The molecule has 7 N–H and O–H groups in total. The molecular weight excluding hydrogens is 388 g/mol. The summed E-state index contributed by atoms with van der Waals surface area (Å²) in [5.74, 6) is -1.37. The van der Waals surface area contributed by atoms with Crippen LogP contribution in [-0.4, -0.2) is 102 Å². The van der Waals surface area contributed by atoms with E-state index in [2.05, 4.69) is 10.6 Å². The lowest BCUT2D eigenvalue weighted by atomic mass is 10.1. The molecule has 0 aliphatic carbocycles. The van der Waals surface area contributed by atoms with E-state index in [0.29, 0.717) is 32.5 Å². The van der Waals surface area contributed by atoms with E-state index in [4.69, 9.17) is 15.2 Å². The Kier molecular flexibility index (Phi) is 9.20. The molecule has 1 unspecified atom stereocenters. The van der Waals surface area contributed by atoms with Gasteiger partial charge in [-0.3, -0.25) is 14.9 Å². The maximum Gasteiger partial charge on any atom is 0.324 e. The zero-order chi connectivity index (χ0) is 21.4. The maximum absolute atomic E-state index is 11.6. The number of carboxylic acids is 1. The van der Waals surface area contributed by atoms with Crippen LogP contribution in [0.15, 0.2) is 0 Å². The van der Waals surface area contributed by atoms with Crippen LogP contribution < -0.4 is 16.4 Å². The molecular formula is C17H30N4O8. The molecule has 0 radical (unpaired) electrons. The van der Waals surface area contributed by atoms with E-state index in [9.17, 15) is 29.7 Å². The predicted molar refractivity (Wildman–Crippen MR) is 98.7 cm³/mol. The van der Waals surface area contributed by atoms with Crippen molar-refractivity contribution in [3.63, 3.8) is 0 Å². The predicted octanol–water partition coefficient (Wildman–Crippen LogP) is -2.44. The Hall–Kier alpha value is -1.83. The van der Waals surface area contributed by atoms with Crippen LogP contribution >= 0.6 is 0 Å². The Morgan fingerprint density at radius 3 is 2.69 bits per heavy atom. The van der Waals surface area contributed by atoms with Crippen molar-refractivity contribution in [1.29, 1.82) is 0 Å². The quantitative estimate of drug-likeness (QED) is 0.186. The number of aliphatic carboxylic acids is 1. The van der Waals surface area contributed by atoms with Crippen LogP contribution in [0.1, 0.15) is 25.7 Å². The van der Waals surface area contributed by atoms with Crippen LogP contribution in [0.25, 0.3) is 0 Å². The van der Waals surface area contributed by atoms with Crippen LogP contribution in [0.2, 0.25) is 0 Å². The number of amides is 3. The molecule has 0 aromatic rings. The number of nitrogens with one attached hydrogen (secondary N) is 2. The molecule has 0 bridgehead atoms. The van der Waals surface area contributed by atoms with Crippen molar-refractivity contribution in [2.24, 2.45) is 5.73 Å². The highest BCUT2D eigenvalue weighted by atomic mass is 16.7. The number of hydrogen-bond acceptors (Lipinski definition) is 9. The SMILES string of the molecule is NC[C@H]1O[C@@H](OCC(NCCCCCN2CCC(=O)NC2=O)C(=O)O)[C@H](O)[C@@H]1O. The minimum absolute atomic E-state index is 0.00803. The first-order chi connectivity index (χ1) is 13.8. The average Bonchev–Trinajstić information content (AvgIpc) is 2.95. The van der Waals surface area contributed by atoms with Crippen LogP contribution in [-0.2, 0) is 19.1 Å². The van der Waals surface area contributed by atoms with Gasteiger partial charge in [0.15, 0.2) is 6.29 Å². The molecule has 2 aliphatic heterocycles. The minimum Gasteiger partial charge on any atom is -0.480 e. The number of aliphatic hydroxyl groups excluding tert-OH is 2. The molecule has 2 aliphatic rings. The number of nitrogens with two attached hydrogens (primary N) is 1. The molecule has 0 saturated carbocycles. The average molecular weight is 418 g/mol. The molecule has 2 fully saturated rings. The van der Waals surface area contributed by atoms with Crippen molar-refractivity contribution in [2.75, 3.05) is 32.8 Å². The number of ether oxygens (including phenoxy) is 2. The fraction of sp³-hybridized carbons (Fsp3) is 0.824. The summed E-state index contributed by atoms with van der Waals surface area (Å²) in [6.07, 6.45) is -1.87. The summed E-state index contributed by atoms with van der Waals surface area (Å²) < 4.78 is 10.6. The highest BCUT2D eigenvalue weighted by Gasteiger charge is 2.43. The zero-order valence-corrected chi connectivity index (χ0v) is 16.2. The molecule has 166 valence electrons. The van der Waals surface area contributed by atoms with E-state index >= 15 is 0 Å². The number of urea groups is 1. The number of rotatable bonds is 12. The summed E-state index contributed by atoms with van der Waals surface area (Å²) in [5, 5.41) is 34.0. The van der Waals surface area contributed by atoms with E-state index < -0.39 is 36.6 Å². The zero-order valence-electron chi connectivity index (χ0n) is 16.2. The number of nitrogens with zero attached hydrogens (tertiary/aromatic N) is 1. The number of carbonyl (C=O) groups excluding carboxylic acids is 2. The number of hydrogen-bond donors (Lipinski definition) is 6. The van der Waals surface area contributed by atoms with Gasteiger partial charge in [0, 0.05) is 26.1 Å².